The van der Waals surface area contributed by atoms with Crippen molar-refractivity contribution in [1.82, 2.24) is 20.0 Å². The number of aliphatic hydroxyl groups is 1. The third kappa shape index (κ3) is 4.44. The second-order valence-electron chi connectivity index (χ2n) is 6.46. The molecule has 2 heterocycles. The topological polar surface area (TPSA) is 62.5 Å². The van der Waals surface area contributed by atoms with Crippen molar-refractivity contribution < 1.29 is 9.84 Å². The molecule has 1 fully saturated rings. The second-order valence-corrected chi connectivity index (χ2v) is 6.46. The fourth-order valence-electron chi connectivity index (χ4n) is 3.11. The summed E-state index contributed by atoms with van der Waals surface area (Å²) in [6.07, 6.45) is 2.15. The number of methoxy groups -OCH3 is 1. The zero-order valence-corrected chi connectivity index (χ0v) is 14.3. The Hall–Kier alpha value is -1.11. The number of β-amino-alcohol motifs (C(OH)–C–C–N with tert-alkyl or cyclic N) is 1. The summed E-state index contributed by atoms with van der Waals surface area (Å²) in [7, 11) is 3.54. The minimum Gasteiger partial charge on any atom is -0.481 e. The number of ether oxygens (including phenoxy) is 1. The Bertz CT molecular complexity index is 467. The van der Waals surface area contributed by atoms with Gasteiger partial charge in [0.05, 0.1) is 24.5 Å². The van der Waals surface area contributed by atoms with E-state index in [9.17, 15) is 5.11 Å². The number of likely N-dealkylation sites (tertiary alicyclic amines) is 1. The van der Waals surface area contributed by atoms with Crippen LogP contribution in [0.2, 0.25) is 0 Å². The van der Waals surface area contributed by atoms with E-state index in [0.29, 0.717) is 13.1 Å². The number of aromatic nitrogens is 2. The molecule has 1 atom stereocenters. The SMILES string of the molecule is COc1c(CNCC(O)CN2CCC(C)CC2)c(C)nn1C. The molecular weight excluding hydrogens is 280 g/mol. The summed E-state index contributed by atoms with van der Waals surface area (Å²) in [5.41, 5.74) is 2.02. The van der Waals surface area contributed by atoms with Gasteiger partial charge in [-0.2, -0.15) is 5.10 Å². The van der Waals surface area contributed by atoms with Crippen LogP contribution in [0.25, 0.3) is 0 Å². The molecule has 1 aromatic rings. The van der Waals surface area contributed by atoms with Crippen molar-refractivity contribution in [3.63, 3.8) is 0 Å². The molecule has 6 heteroatoms. The van der Waals surface area contributed by atoms with E-state index in [4.69, 9.17) is 4.74 Å². The Labute approximate surface area is 133 Å². The molecule has 1 saturated heterocycles. The lowest BCUT2D eigenvalue weighted by Gasteiger charge is -2.31. The van der Waals surface area contributed by atoms with Crippen LogP contribution in [0.4, 0.5) is 0 Å². The fraction of sp³-hybridized carbons (Fsp3) is 0.812. The third-order valence-electron chi connectivity index (χ3n) is 4.51. The first-order valence-electron chi connectivity index (χ1n) is 8.18. The van der Waals surface area contributed by atoms with Gasteiger partial charge >= 0.3 is 0 Å². The molecule has 0 aliphatic carbocycles. The lowest BCUT2D eigenvalue weighted by molar-refractivity contribution is 0.0906. The number of rotatable bonds is 7. The minimum atomic E-state index is -0.337. The molecule has 126 valence electrons. The largest absolute Gasteiger partial charge is 0.481 e. The molecule has 1 aliphatic rings. The molecule has 0 aromatic carbocycles. The monoisotopic (exact) mass is 310 g/mol. The van der Waals surface area contributed by atoms with Crippen LogP contribution in [-0.4, -0.2) is 59.2 Å². The molecule has 1 aromatic heterocycles. The van der Waals surface area contributed by atoms with Gasteiger partial charge < -0.3 is 20.1 Å². The van der Waals surface area contributed by atoms with Crippen molar-refractivity contribution in [3.8, 4) is 5.88 Å². The van der Waals surface area contributed by atoms with Crippen LogP contribution in [0.5, 0.6) is 5.88 Å². The van der Waals surface area contributed by atoms with Gasteiger partial charge in [0.2, 0.25) is 5.88 Å². The van der Waals surface area contributed by atoms with E-state index in [-0.39, 0.29) is 6.10 Å². The predicted octanol–water partition coefficient (Wildman–Crippen LogP) is 0.920. The molecule has 0 radical (unpaired) electrons. The van der Waals surface area contributed by atoms with Crippen LogP contribution in [-0.2, 0) is 13.6 Å². The molecule has 2 rings (SSSR count). The van der Waals surface area contributed by atoms with E-state index < -0.39 is 0 Å². The fourth-order valence-corrected chi connectivity index (χ4v) is 3.11. The molecule has 0 amide bonds. The van der Waals surface area contributed by atoms with Gasteiger partial charge in [0.1, 0.15) is 0 Å². The van der Waals surface area contributed by atoms with E-state index in [1.807, 2.05) is 14.0 Å². The lowest BCUT2D eigenvalue weighted by atomic mass is 9.99. The molecule has 1 aliphatic heterocycles. The first-order chi connectivity index (χ1) is 10.5. The molecule has 22 heavy (non-hydrogen) atoms. The van der Waals surface area contributed by atoms with E-state index in [2.05, 4.69) is 22.2 Å². The predicted molar refractivity (Wildman–Crippen MR) is 87.0 cm³/mol. The van der Waals surface area contributed by atoms with Gasteiger partial charge in [0.25, 0.3) is 0 Å². The summed E-state index contributed by atoms with van der Waals surface area (Å²) < 4.78 is 7.12. The van der Waals surface area contributed by atoms with Gasteiger partial charge in [-0.1, -0.05) is 6.92 Å². The number of hydrogen-bond acceptors (Lipinski definition) is 5. The summed E-state index contributed by atoms with van der Waals surface area (Å²) in [5, 5.41) is 17.9. The highest BCUT2D eigenvalue weighted by molar-refractivity contribution is 5.30. The lowest BCUT2D eigenvalue weighted by Crippen LogP contribution is -2.41. The highest BCUT2D eigenvalue weighted by atomic mass is 16.5. The van der Waals surface area contributed by atoms with Gasteiger partial charge in [-0.15, -0.1) is 0 Å². The normalized spacial score (nSPS) is 18.6. The van der Waals surface area contributed by atoms with Gasteiger partial charge in [0, 0.05) is 26.7 Å². The number of nitrogens with zero attached hydrogens (tertiary/aromatic N) is 3. The van der Waals surface area contributed by atoms with Crippen molar-refractivity contribution in [2.24, 2.45) is 13.0 Å². The Kier molecular flexibility index (Phi) is 6.23. The first-order valence-corrected chi connectivity index (χ1v) is 8.18. The Morgan fingerprint density at radius 2 is 2.09 bits per heavy atom. The van der Waals surface area contributed by atoms with Crippen LogP contribution in [0.1, 0.15) is 31.0 Å². The highest BCUT2D eigenvalue weighted by Gasteiger charge is 2.18. The summed E-state index contributed by atoms with van der Waals surface area (Å²) in [5.74, 6) is 1.61. The Morgan fingerprint density at radius 1 is 1.41 bits per heavy atom. The van der Waals surface area contributed by atoms with E-state index in [1.165, 1.54) is 12.8 Å². The average Bonchev–Trinajstić information content (AvgIpc) is 2.75. The van der Waals surface area contributed by atoms with Crippen LogP contribution in [0, 0.1) is 12.8 Å². The maximum atomic E-state index is 10.2. The smallest absolute Gasteiger partial charge is 0.216 e. The van der Waals surface area contributed by atoms with E-state index >= 15 is 0 Å². The molecule has 0 saturated carbocycles. The number of aryl methyl sites for hydroxylation is 2. The zero-order valence-electron chi connectivity index (χ0n) is 14.3. The van der Waals surface area contributed by atoms with Gasteiger partial charge in [0.15, 0.2) is 0 Å². The van der Waals surface area contributed by atoms with E-state index in [0.717, 1.165) is 42.7 Å². The average molecular weight is 310 g/mol. The third-order valence-corrected chi connectivity index (χ3v) is 4.51. The maximum Gasteiger partial charge on any atom is 0.216 e. The Morgan fingerprint density at radius 3 is 2.73 bits per heavy atom. The van der Waals surface area contributed by atoms with E-state index in [1.54, 1.807) is 11.8 Å². The first kappa shape index (κ1) is 17.2. The van der Waals surface area contributed by atoms with Crippen LogP contribution in [0.15, 0.2) is 0 Å². The summed E-state index contributed by atoms with van der Waals surface area (Å²) in [4.78, 5) is 2.36. The summed E-state index contributed by atoms with van der Waals surface area (Å²) >= 11 is 0. The molecule has 1 unspecified atom stereocenters. The quantitative estimate of drug-likeness (QED) is 0.784. The molecular formula is C16H30N4O2. The van der Waals surface area contributed by atoms with Crippen LogP contribution >= 0.6 is 0 Å². The highest BCUT2D eigenvalue weighted by Crippen LogP contribution is 2.20. The molecule has 2 N–H and O–H groups in total. The standard InChI is InChI=1S/C16H30N4O2/c1-12-5-7-20(8-6-12)11-14(21)9-17-10-15-13(2)18-19(3)16(15)22-4/h12,14,17,21H,5-11H2,1-4H3. The van der Waals surface area contributed by atoms with Crippen molar-refractivity contribution in [2.45, 2.75) is 39.3 Å². The van der Waals surface area contributed by atoms with Gasteiger partial charge in [-0.05, 0) is 38.8 Å². The van der Waals surface area contributed by atoms with Crippen molar-refractivity contribution in [2.75, 3.05) is 33.3 Å². The van der Waals surface area contributed by atoms with Gasteiger partial charge in [-0.25, -0.2) is 4.68 Å². The molecule has 0 bridgehead atoms. The number of nitrogens with one attached hydrogen (secondary N) is 1. The molecule has 0 spiro atoms. The van der Waals surface area contributed by atoms with Crippen molar-refractivity contribution in [3.05, 3.63) is 11.3 Å². The van der Waals surface area contributed by atoms with Crippen LogP contribution < -0.4 is 10.1 Å². The zero-order chi connectivity index (χ0) is 16.1. The van der Waals surface area contributed by atoms with Crippen molar-refractivity contribution >= 4 is 0 Å². The maximum absolute atomic E-state index is 10.2. The number of aliphatic hydroxyl groups excluding tert-OH is 1. The number of piperidine rings is 1. The summed E-state index contributed by atoms with van der Waals surface area (Å²) in [6.45, 7) is 8.49. The van der Waals surface area contributed by atoms with Crippen molar-refractivity contribution in [1.29, 1.82) is 0 Å². The Balaban J connectivity index is 1.74. The van der Waals surface area contributed by atoms with Crippen LogP contribution in [0.3, 0.4) is 0 Å². The molecule has 6 nitrogen and oxygen atoms in total. The number of hydrogen-bond donors (Lipinski definition) is 2. The summed E-state index contributed by atoms with van der Waals surface area (Å²) in [6, 6.07) is 0. The second kappa shape index (κ2) is 7.94. The minimum absolute atomic E-state index is 0.337. The van der Waals surface area contributed by atoms with Gasteiger partial charge in [-0.3, -0.25) is 0 Å².